The number of methoxy groups -OCH3 is 1. The monoisotopic (exact) mass is 316 g/mol. The van der Waals surface area contributed by atoms with Crippen molar-refractivity contribution in [3.8, 4) is 22.9 Å². The van der Waals surface area contributed by atoms with Crippen LogP contribution in [0.5, 0.6) is 5.75 Å². The van der Waals surface area contributed by atoms with Crippen molar-refractivity contribution >= 4 is 21.6 Å². The molecule has 0 spiro atoms. The van der Waals surface area contributed by atoms with Gasteiger partial charge in [0, 0.05) is 5.56 Å². The van der Waals surface area contributed by atoms with Crippen LogP contribution in [0.1, 0.15) is 11.1 Å². The summed E-state index contributed by atoms with van der Waals surface area (Å²) in [6, 6.07) is 12.0. The first kappa shape index (κ1) is 13.4. The minimum Gasteiger partial charge on any atom is -0.493 e. The van der Waals surface area contributed by atoms with E-state index in [1.165, 1.54) is 0 Å². The molecule has 0 saturated heterocycles. The number of nitriles is 1. The van der Waals surface area contributed by atoms with Crippen molar-refractivity contribution < 1.29 is 4.74 Å². The fourth-order valence-corrected chi connectivity index (χ4v) is 3.03. The highest BCUT2D eigenvalue weighted by Crippen LogP contribution is 2.44. The number of ether oxygens (including phenoxy) is 1. The third kappa shape index (κ3) is 2.18. The standard InChI is InChI=1S/C15H13BrN2O/c1-9-11(8-17)14(18)15(19-2)13(16)12(9)10-6-4-3-5-7-10/h3-7H,18H2,1-2H3. The molecule has 96 valence electrons. The molecule has 2 rings (SSSR count). The van der Waals surface area contributed by atoms with Crippen molar-refractivity contribution in [2.24, 2.45) is 0 Å². The maximum absolute atomic E-state index is 9.28. The molecule has 0 bridgehead atoms. The molecule has 0 atom stereocenters. The second-order valence-electron chi connectivity index (χ2n) is 4.11. The summed E-state index contributed by atoms with van der Waals surface area (Å²) >= 11 is 3.53. The van der Waals surface area contributed by atoms with Crippen LogP contribution in [0, 0.1) is 18.3 Å². The van der Waals surface area contributed by atoms with Crippen molar-refractivity contribution in [1.29, 1.82) is 5.26 Å². The fourth-order valence-electron chi connectivity index (χ4n) is 2.13. The number of halogens is 1. The SMILES string of the molecule is COc1c(N)c(C#N)c(C)c(-c2ccccc2)c1Br. The lowest BCUT2D eigenvalue weighted by molar-refractivity contribution is 0.414. The van der Waals surface area contributed by atoms with Crippen molar-refractivity contribution in [2.45, 2.75) is 6.92 Å². The van der Waals surface area contributed by atoms with Gasteiger partial charge in [0.25, 0.3) is 0 Å². The summed E-state index contributed by atoms with van der Waals surface area (Å²) in [4.78, 5) is 0. The predicted molar refractivity (Wildman–Crippen MR) is 80.0 cm³/mol. The van der Waals surface area contributed by atoms with Crippen LogP contribution in [0.25, 0.3) is 11.1 Å². The van der Waals surface area contributed by atoms with E-state index in [1.807, 2.05) is 37.3 Å². The third-order valence-electron chi connectivity index (χ3n) is 3.06. The second kappa shape index (κ2) is 5.33. The number of nitrogens with two attached hydrogens (primary N) is 1. The van der Waals surface area contributed by atoms with Crippen LogP contribution in [0.3, 0.4) is 0 Å². The Balaban J connectivity index is 2.86. The van der Waals surface area contributed by atoms with Crippen molar-refractivity contribution in [1.82, 2.24) is 0 Å². The van der Waals surface area contributed by atoms with E-state index < -0.39 is 0 Å². The van der Waals surface area contributed by atoms with Gasteiger partial charge in [0.15, 0.2) is 5.75 Å². The maximum Gasteiger partial charge on any atom is 0.157 e. The molecule has 19 heavy (non-hydrogen) atoms. The molecule has 0 aromatic heterocycles. The van der Waals surface area contributed by atoms with E-state index in [-0.39, 0.29) is 0 Å². The molecule has 2 N–H and O–H groups in total. The summed E-state index contributed by atoms with van der Waals surface area (Å²) < 4.78 is 6.09. The highest BCUT2D eigenvalue weighted by molar-refractivity contribution is 9.10. The smallest absolute Gasteiger partial charge is 0.157 e. The van der Waals surface area contributed by atoms with E-state index in [4.69, 9.17) is 10.5 Å². The Bertz CT molecular complexity index is 660. The summed E-state index contributed by atoms with van der Waals surface area (Å²) in [5, 5.41) is 9.28. The Hall–Kier alpha value is -1.99. The number of benzene rings is 2. The average molecular weight is 317 g/mol. The van der Waals surface area contributed by atoms with Gasteiger partial charge in [-0.3, -0.25) is 0 Å². The topological polar surface area (TPSA) is 59.0 Å². The van der Waals surface area contributed by atoms with Gasteiger partial charge in [-0.05, 0) is 34.0 Å². The van der Waals surface area contributed by atoms with E-state index in [9.17, 15) is 5.26 Å². The Morgan fingerprint density at radius 1 is 1.26 bits per heavy atom. The fraction of sp³-hybridized carbons (Fsp3) is 0.133. The molecule has 0 radical (unpaired) electrons. The zero-order valence-corrected chi connectivity index (χ0v) is 12.3. The summed E-state index contributed by atoms with van der Waals surface area (Å²) in [7, 11) is 1.54. The van der Waals surface area contributed by atoms with E-state index in [0.29, 0.717) is 17.0 Å². The van der Waals surface area contributed by atoms with Gasteiger partial charge in [-0.2, -0.15) is 5.26 Å². The normalized spacial score (nSPS) is 10.0. The zero-order valence-electron chi connectivity index (χ0n) is 10.7. The Morgan fingerprint density at radius 2 is 1.89 bits per heavy atom. The molecule has 0 aliphatic heterocycles. The van der Waals surface area contributed by atoms with Gasteiger partial charge in [0.05, 0.1) is 22.8 Å². The van der Waals surface area contributed by atoms with Crippen LogP contribution < -0.4 is 10.5 Å². The molecule has 4 heteroatoms. The van der Waals surface area contributed by atoms with Gasteiger partial charge in [-0.1, -0.05) is 30.3 Å². The van der Waals surface area contributed by atoms with Crippen molar-refractivity contribution in [2.75, 3.05) is 12.8 Å². The minimum atomic E-state index is 0.369. The molecule has 0 aliphatic rings. The van der Waals surface area contributed by atoms with Crippen LogP contribution in [0.15, 0.2) is 34.8 Å². The van der Waals surface area contributed by atoms with Gasteiger partial charge in [0.1, 0.15) is 6.07 Å². The van der Waals surface area contributed by atoms with Gasteiger partial charge in [0.2, 0.25) is 0 Å². The van der Waals surface area contributed by atoms with Gasteiger partial charge in [-0.15, -0.1) is 0 Å². The molecule has 0 heterocycles. The highest BCUT2D eigenvalue weighted by atomic mass is 79.9. The molecule has 0 saturated carbocycles. The van der Waals surface area contributed by atoms with Crippen molar-refractivity contribution in [3.05, 3.63) is 45.9 Å². The largest absolute Gasteiger partial charge is 0.493 e. The Kier molecular flexibility index (Phi) is 3.77. The molecular weight excluding hydrogens is 304 g/mol. The number of nitrogen functional groups attached to an aromatic ring is 1. The van der Waals surface area contributed by atoms with Crippen molar-refractivity contribution in [3.63, 3.8) is 0 Å². The molecule has 0 fully saturated rings. The number of rotatable bonds is 2. The molecule has 3 nitrogen and oxygen atoms in total. The zero-order chi connectivity index (χ0) is 14.0. The number of nitrogens with zero attached hydrogens (tertiary/aromatic N) is 1. The quantitative estimate of drug-likeness (QED) is 0.855. The summed E-state index contributed by atoms with van der Waals surface area (Å²) in [5.41, 5.74) is 9.60. The minimum absolute atomic E-state index is 0.369. The molecule has 0 unspecified atom stereocenters. The van der Waals surface area contributed by atoms with E-state index in [2.05, 4.69) is 22.0 Å². The third-order valence-corrected chi connectivity index (χ3v) is 3.82. The molecule has 2 aromatic carbocycles. The average Bonchev–Trinajstić information content (AvgIpc) is 2.41. The number of hydrogen-bond donors (Lipinski definition) is 1. The van der Waals surface area contributed by atoms with E-state index >= 15 is 0 Å². The summed E-state index contributed by atoms with van der Waals surface area (Å²) in [6.45, 7) is 1.89. The predicted octanol–water partition coefficient (Wildman–Crippen LogP) is 3.89. The molecule has 0 amide bonds. The second-order valence-corrected chi connectivity index (χ2v) is 4.91. The van der Waals surface area contributed by atoms with Crippen LogP contribution in [-0.2, 0) is 0 Å². The maximum atomic E-state index is 9.28. The van der Waals surface area contributed by atoms with E-state index in [1.54, 1.807) is 7.11 Å². The summed E-state index contributed by atoms with van der Waals surface area (Å²) in [5.74, 6) is 0.501. The van der Waals surface area contributed by atoms with Gasteiger partial charge >= 0.3 is 0 Å². The first-order valence-electron chi connectivity index (χ1n) is 5.72. The lowest BCUT2D eigenvalue weighted by atomic mass is 9.95. The van der Waals surface area contributed by atoms with Gasteiger partial charge in [-0.25, -0.2) is 0 Å². The van der Waals surface area contributed by atoms with Crippen LogP contribution in [0.4, 0.5) is 5.69 Å². The van der Waals surface area contributed by atoms with Crippen LogP contribution in [-0.4, -0.2) is 7.11 Å². The summed E-state index contributed by atoms with van der Waals surface area (Å²) in [6.07, 6.45) is 0. The lowest BCUT2D eigenvalue weighted by Gasteiger charge is -2.17. The number of anilines is 1. The molecular formula is C15H13BrN2O. The Labute approximate surface area is 120 Å². The lowest BCUT2D eigenvalue weighted by Crippen LogP contribution is -2.02. The van der Waals surface area contributed by atoms with Gasteiger partial charge < -0.3 is 10.5 Å². The number of hydrogen-bond acceptors (Lipinski definition) is 3. The van der Waals surface area contributed by atoms with E-state index in [0.717, 1.165) is 21.2 Å². The van der Waals surface area contributed by atoms with Crippen LogP contribution >= 0.6 is 15.9 Å². The Morgan fingerprint density at radius 3 is 2.42 bits per heavy atom. The first-order valence-corrected chi connectivity index (χ1v) is 6.52. The van der Waals surface area contributed by atoms with Crippen LogP contribution in [0.2, 0.25) is 0 Å². The first-order chi connectivity index (χ1) is 9.11. The highest BCUT2D eigenvalue weighted by Gasteiger charge is 2.20. The molecule has 0 aliphatic carbocycles. The molecule has 2 aromatic rings.